The van der Waals surface area contributed by atoms with Gasteiger partial charge in [-0.05, 0) is 38.2 Å². The van der Waals surface area contributed by atoms with E-state index in [1.165, 1.54) is 16.6 Å². The molecule has 0 saturated heterocycles. The normalized spacial score (nSPS) is 17.9. The summed E-state index contributed by atoms with van der Waals surface area (Å²) in [7, 11) is -1.31. The van der Waals surface area contributed by atoms with Crippen molar-refractivity contribution in [1.82, 2.24) is 0 Å². The summed E-state index contributed by atoms with van der Waals surface area (Å²) in [6.45, 7) is 5.19. The van der Waals surface area contributed by atoms with Crippen LogP contribution < -0.4 is 9.55 Å². The fourth-order valence-electron chi connectivity index (χ4n) is 5.08. The molecule has 4 aromatic rings. The lowest BCUT2D eigenvalue weighted by atomic mass is 9.38. The first kappa shape index (κ1) is 18.6. The van der Waals surface area contributed by atoms with Gasteiger partial charge in [0.25, 0.3) is 5.87 Å². The highest BCUT2D eigenvalue weighted by Gasteiger charge is 2.58. The van der Waals surface area contributed by atoms with Crippen molar-refractivity contribution in [3.8, 4) is 0 Å². The molecule has 0 fully saturated rings. The molecule has 0 amide bonds. The molecule has 0 aliphatic carbocycles. The Balaban J connectivity index is 1.92. The summed E-state index contributed by atoms with van der Waals surface area (Å²) in [4.78, 5) is 1.45. The SMILES string of the molecule is C[P+]1(C)CC(c2ccccc2)=C(c2cccs2)[B-]1(c1cccs1)c1cccs1. The van der Waals surface area contributed by atoms with Crippen molar-refractivity contribution in [1.29, 1.82) is 0 Å². The quantitative estimate of drug-likeness (QED) is 0.258. The predicted molar refractivity (Wildman–Crippen MR) is 135 cm³/mol. The standard InChI is InChI=1S/C23H22BPS3/c1-25(2)17-19(18-9-4-3-5-10-18)23(20-11-6-14-26-20)24(25,21-12-7-15-27-21)22-13-8-16-28-22/h3-16H,17H2,1-2H3. The van der Waals surface area contributed by atoms with Gasteiger partial charge in [-0.3, -0.25) is 0 Å². The van der Waals surface area contributed by atoms with Gasteiger partial charge < -0.3 is 0 Å². The van der Waals surface area contributed by atoms with E-state index in [-0.39, 0.29) is 0 Å². The molecule has 0 radical (unpaired) electrons. The van der Waals surface area contributed by atoms with Crippen LogP contribution in [0.15, 0.2) is 82.9 Å². The second-order valence-corrected chi connectivity index (χ2v) is 15.6. The van der Waals surface area contributed by atoms with Gasteiger partial charge in [0.1, 0.15) is 0 Å². The molecule has 0 saturated carbocycles. The van der Waals surface area contributed by atoms with Crippen LogP contribution >= 0.6 is 41.2 Å². The molecule has 28 heavy (non-hydrogen) atoms. The maximum absolute atomic E-state index is 2.59. The highest BCUT2D eigenvalue weighted by atomic mass is 32.1. The van der Waals surface area contributed by atoms with Gasteiger partial charge in [0.15, 0.2) is 0 Å². The average molecular weight is 436 g/mol. The molecule has 5 rings (SSSR count). The molecular weight excluding hydrogens is 414 g/mol. The van der Waals surface area contributed by atoms with Crippen molar-refractivity contribution in [2.24, 2.45) is 0 Å². The summed E-state index contributed by atoms with van der Waals surface area (Å²) in [6, 6.07) is 24.9. The summed E-state index contributed by atoms with van der Waals surface area (Å²) in [5.74, 6) is -0.927. The highest BCUT2D eigenvalue weighted by Crippen LogP contribution is 2.71. The fourth-order valence-corrected chi connectivity index (χ4v) is 14.0. The molecule has 140 valence electrons. The molecule has 5 heteroatoms. The van der Waals surface area contributed by atoms with Gasteiger partial charge in [0.2, 0.25) is 0 Å². The van der Waals surface area contributed by atoms with Crippen LogP contribution in [0.4, 0.5) is 0 Å². The lowest BCUT2D eigenvalue weighted by Gasteiger charge is -2.43. The van der Waals surface area contributed by atoms with Crippen molar-refractivity contribution >= 4 is 67.6 Å². The Hall–Kier alpha value is -1.45. The van der Waals surface area contributed by atoms with Gasteiger partial charge in [0.05, 0.1) is 0 Å². The minimum atomic E-state index is -1.31. The number of hydrogen-bond donors (Lipinski definition) is 0. The van der Waals surface area contributed by atoms with Crippen LogP contribution in [0.25, 0.3) is 11.0 Å². The van der Waals surface area contributed by atoms with Gasteiger partial charge >= 0.3 is 0 Å². The Morgan fingerprint density at radius 1 is 0.714 bits per heavy atom. The molecule has 0 bridgehead atoms. The third-order valence-electron chi connectivity index (χ3n) is 6.18. The van der Waals surface area contributed by atoms with Crippen LogP contribution in [-0.4, -0.2) is 25.4 Å². The number of benzene rings is 1. The molecule has 0 spiro atoms. The second kappa shape index (κ2) is 7.11. The predicted octanol–water partition coefficient (Wildman–Crippen LogP) is 6.37. The molecule has 3 aromatic heterocycles. The Bertz CT molecular complexity index is 1060. The number of allylic oxidation sites excluding steroid dienone is 1. The molecule has 1 aliphatic rings. The van der Waals surface area contributed by atoms with E-state index in [1.807, 2.05) is 34.0 Å². The van der Waals surface area contributed by atoms with E-state index in [2.05, 4.69) is 96.2 Å². The molecule has 1 aromatic carbocycles. The maximum Gasteiger partial charge on any atom is 0.266 e. The second-order valence-electron chi connectivity index (χ2n) is 8.02. The van der Waals surface area contributed by atoms with E-state index in [4.69, 9.17) is 0 Å². The smallest absolute Gasteiger partial charge is 0.187 e. The van der Waals surface area contributed by atoms with Crippen LogP contribution in [0.3, 0.4) is 0 Å². The lowest BCUT2D eigenvalue weighted by molar-refractivity contribution is 1.58. The fraction of sp³-hybridized carbons (Fsp3) is 0.130. The van der Waals surface area contributed by atoms with Gasteiger partial charge in [0, 0.05) is 19.5 Å². The summed E-state index contributed by atoms with van der Waals surface area (Å²) < 4.78 is 3.13. The van der Waals surface area contributed by atoms with Gasteiger partial charge in [-0.25, -0.2) is 0 Å². The summed E-state index contributed by atoms with van der Waals surface area (Å²) in [5, 5.41) is 6.76. The zero-order valence-electron chi connectivity index (χ0n) is 16.0. The maximum atomic E-state index is 2.59. The first-order valence-electron chi connectivity index (χ1n) is 9.53. The Labute approximate surface area is 179 Å². The number of hydrogen-bond acceptors (Lipinski definition) is 3. The topological polar surface area (TPSA) is 0 Å². The Morgan fingerprint density at radius 2 is 1.32 bits per heavy atom. The van der Waals surface area contributed by atoms with Crippen LogP contribution in [-0.2, 0) is 0 Å². The monoisotopic (exact) mass is 436 g/mol. The Kier molecular flexibility index (Phi) is 4.72. The zero-order chi connectivity index (χ0) is 19.2. The van der Waals surface area contributed by atoms with Gasteiger partial charge in [-0.2, -0.15) is 22.7 Å². The minimum absolute atomic E-state index is 0.927. The van der Waals surface area contributed by atoms with E-state index < -0.39 is 13.0 Å². The van der Waals surface area contributed by atoms with Crippen molar-refractivity contribution in [2.75, 3.05) is 19.5 Å². The minimum Gasteiger partial charge on any atom is -0.187 e. The number of rotatable bonds is 4. The van der Waals surface area contributed by atoms with E-state index in [0.29, 0.717) is 0 Å². The van der Waals surface area contributed by atoms with Crippen LogP contribution in [0, 0.1) is 0 Å². The summed E-state index contributed by atoms with van der Waals surface area (Å²) in [5.41, 5.74) is 4.59. The molecule has 1 aliphatic heterocycles. The van der Waals surface area contributed by atoms with Crippen LogP contribution in [0.5, 0.6) is 0 Å². The Morgan fingerprint density at radius 3 is 1.86 bits per heavy atom. The first-order chi connectivity index (χ1) is 13.6. The van der Waals surface area contributed by atoms with E-state index in [1.54, 1.807) is 20.6 Å². The van der Waals surface area contributed by atoms with Crippen LogP contribution in [0.2, 0.25) is 0 Å². The number of thiophene rings is 3. The van der Waals surface area contributed by atoms with Gasteiger partial charge in [-0.1, -0.05) is 60.7 Å². The van der Waals surface area contributed by atoms with Gasteiger partial charge in [-0.15, -0.1) is 33.5 Å². The average Bonchev–Trinajstić information content (AvgIpc) is 3.48. The molecule has 0 atom stereocenters. The summed E-state index contributed by atoms with van der Waals surface area (Å²) in [6.07, 6.45) is 1.21. The van der Waals surface area contributed by atoms with E-state index >= 15 is 0 Å². The zero-order valence-corrected chi connectivity index (χ0v) is 19.4. The third-order valence-corrected chi connectivity index (χ3v) is 13.6. The molecular formula is C23H22BPS3. The van der Waals surface area contributed by atoms with Crippen molar-refractivity contribution in [3.05, 3.63) is 93.3 Å². The molecule has 0 N–H and O–H groups in total. The van der Waals surface area contributed by atoms with Crippen LogP contribution in [0.1, 0.15) is 10.4 Å². The largest absolute Gasteiger partial charge is 0.266 e. The molecule has 0 nitrogen and oxygen atoms in total. The summed E-state index contributed by atoms with van der Waals surface area (Å²) >= 11 is 5.80. The van der Waals surface area contributed by atoms with E-state index in [0.717, 1.165) is 0 Å². The molecule has 0 unspecified atom stereocenters. The lowest BCUT2D eigenvalue weighted by Crippen LogP contribution is -2.57. The van der Waals surface area contributed by atoms with E-state index in [9.17, 15) is 0 Å². The van der Waals surface area contributed by atoms with Crippen molar-refractivity contribution in [3.63, 3.8) is 0 Å². The molecule has 4 heterocycles. The van der Waals surface area contributed by atoms with Crippen molar-refractivity contribution in [2.45, 2.75) is 0 Å². The first-order valence-corrected chi connectivity index (χ1v) is 15.1. The third kappa shape index (κ3) is 2.66. The van der Waals surface area contributed by atoms with Crippen molar-refractivity contribution < 1.29 is 0 Å². The highest BCUT2D eigenvalue weighted by molar-refractivity contribution is 8.16.